The van der Waals surface area contributed by atoms with Crippen molar-refractivity contribution in [2.75, 3.05) is 0 Å². The van der Waals surface area contributed by atoms with Gasteiger partial charge in [-0.2, -0.15) is 0 Å². The van der Waals surface area contributed by atoms with Gasteiger partial charge in [0.15, 0.2) is 17.5 Å². The van der Waals surface area contributed by atoms with Crippen LogP contribution in [0.2, 0.25) is 0 Å². The number of aromatic nitrogens is 6. The molecule has 11 aromatic rings. The maximum Gasteiger partial charge on any atom is 0.164 e. The Balaban J connectivity index is 1.09. The first-order valence-corrected chi connectivity index (χ1v) is 18.7. The van der Waals surface area contributed by atoms with Crippen LogP contribution in [-0.4, -0.2) is 29.1 Å². The molecule has 11 rings (SSSR count). The predicted octanol–water partition coefficient (Wildman–Crippen LogP) is 12.1. The largest absolute Gasteiger partial charge is 0.309 e. The Bertz CT molecular complexity index is 3160. The zero-order chi connectivity index (χ0) is 37.0. The highest BCUT2D eigenvalue weighted by molar-refractivity contribution is 6.19. The summed E-state index contributed by atoms with van der Waals surface area (Å²) < 4.78 is 4.67. The van der Waals surface area contributed by atoms with Gasteiger partial charge in [0.25, 0.3) is 0 Å². The molecule has 6 heteroatoms. The van der Waals surface area contributed by atoms with E-state index in [-0.39, 0.29) is 0 Å². The summed E-state index contributed by atoms with van der Waals surface area (Å²) in [4.78, 5) is 20.0. The van der Waals surface area contributed by atoms with Crippen LogP contribution in [0, 0.1) is 0 Å². The molecule has 7 aromatic carbocycles. The summed E-state index contributed by atoms with van der Waals surface area (Å²) in [6.45, 7) is 0. The summed E-state index contributed by atoms with van der Waals surface area (Å²) in [6, 6.07) is 67.3. The lowest BCUT2D eigenvalue weighted by Gasteiger charge is -2.12. The Morgan fingerprint density at radius 1 is 0.286 bits per heavy atom. The second-order valence-electron chi connectivity index (χ2n) is 13.9. The molecule has 4 aromatic heterocycles. The van der Waals surface area contributed by atoms with E-state index in [2.05, 4.69) is 137 Å². The van der Waals surface area contributed by atoms with Crippen LogP contribution in [-0.2, 0) is 0 Å². The molecule has 0 aliphatic carbocycles. The third-order valence-corrected chi connectivity index (χ3v) is 10.6. The minimum absolute atomic E-state index is 0.628. The van der Waals surface area contributed by atoms with Crippen molar-refractivity contribution in [2.45, 2.75) is 0 Å². The van der Waals surface area contributed by atoms with Crippen LogP contribution in [0.25, 0.3) is 101 Å². The first-order valence-electron chi connectivity index (χ1n) is 18.7. The summed E-state index contributed by atoms with van der Waals surface area (Å²) in [6.07, 6.45) is 0. The Hall–Kier alpha value is -7.70. The molecule has 0 saturated carbocycles. The third-order valence-electron chi connectivity index (χ3n) is 10.6. The Morgan fingerprint density at radius 2 is 0.750 bits per heavy atom. The Morgan fingerprint density at radius 3 is 1.32 bits per heavy atom. The minimum Gasteiger partial charge on any atom is -0.309 e. The fraction of sp³-hybridized carbons (Fsp3) is 0. The van der Waals surface area contributed by atoms with E-state index < -0.39 is 0 Å². The number of para-hydroxylation sites is 2. The number of rotatable bonds is 6. The topological polar surface area (TPSA) is 61.4 Å². The van der Waals surface area contributed by atoms with Gasteiger partial charge in [0.05, 0.1) is 27.8 Å². The van der Waals surface area contributed by atoms with E-state index in [1.165, 1.54) is 21.5 Å². The average Bonchev–Trinajstić information content (AvgIpc) is 3.78. The standard InChI is InChI=1S/C50H32N6/c1-4-15-33(16-5-1)42-23-14-26-47(51-42)56-44-25-13-11-22-39(44)41-31-40-38-21-10-12-24-43(38)55(45(40)32-46(41)56)37-29-27-36(28-30-37)50-53-48(34-17-6-2-7-18-34)52-49(54-50)35-19-8-3-9-20-35/h1-32H. The van der Waals surface area contributed by atoms with E-state index >= 15 is 0 Å². The maximum absolute atomic E-state index is 5.22. The van der Waals surface area contributed by atoms with Crippen LogP contribution in [0.4, 0.5) is 0 Å². The van der Waals surface area contributed by atoms with Crippen LogP contribution in [0.1, 0.15) is 0 Å². The molecule has 4 heterocycles. The zero-order valence-corrected chi connectivity index (χ0v) is 30.2. The molecule has 0 bridgehead atoms. The zero-order valence-electron chi connectivity index (χ0n) is 30.2. The number of hydrogen-bond acceptors (Lipinski definition) is 4. The molecule has 0 aliphatic rings. The highest BCUT2D eigenvalue weighted by atomic mass is 15.1. The SMILES string of the molecule is c1ccc(-c2cccc(-n3c4ccccc4c4cc5c6ccccc6n(-c6ccc(-c7nc(-c8ccccc8)nc(-c8ccccc8)n7)cc6)c5cc43)n2)cc1. The second kappa shape index (κ2) is 13.0. The maximum atomic E-state index is 5.22. The van der Waals surface area contributed by atoms with Gasteiger partial charge in [-0.1, -0.05) is 133 Å². The summed E-state index contributed by atoms with van der Waals surface area (Å²) >= 11 is 0. The van der Waals surface area contributed by atoms with Gasteiger partial charge >= 0.3 is 0 Å². The van der Waals surface area contributed by atoms with Gasteiger partial charge in [0, 0.05) is 49.5 Å². The number of nitrogens with zero attached hydrogens (tertiary/aromatic N) is 6. The molecular weight excluding hydrogens is 685 g/mol. The van der Waals surface area contributed by atoms with Crippen molar-refractivity contribution in [2.24, 2.45) is 0 Å². The van der Waals surface area contributed by atoms with E-state index in [9.17, 15) is 0 Å². The van der Waals surface area contributed by atoms with Crippen molar-refractivity contribution in [1.82, 2.24) is 29.1 Å². The monoisotopic (exact) mass is 716 g/mol. The quantitative estimate of drug-likeness (QED) is 0.172. The lowest BCUT2D eigenvalue weighted by molar-refractivity contribution is 1.07. The average molecular weight is 717 g/mol. The molecule has 0 fully saturated rings. The summed E-state index contributed by atoms with van der Waals surface area (Å²) in [5.41, 5.74) is 10.4. The van der Waals surface area contributed by atoms with Gasteiger partial charge in [-0.15, -0.1) is 0 Å². The van der Waals surface area contributed by atoms with E-state index in [0.29, 0.717) is 17.5 Å². The molecule has 56 heavy (non-hydrogen) atoms. The van der Waals surface area contributed by atoms with Crippen LogP contribution < -0.4 is 0 Å². The van der Waals surface area contributed by atoms with Crippen molar-refractivity contribution in [3.63, 3.8) is 0 Å². The van der Waals surface area contributed by atoms with E-state index in [4.69, 9.17) is 19.9 Å². The molecule has 0 radical (unpaired) electrons. The predicted molar refractivity (Wildman–Crippen MR) is 228 cm³/mol. The Kier molecular flexibility index (Phi) is 7.38. The first-order chi connectivity index (χ1) is 27.8. The number of fused-ring (bicyclic) bond motifs is 6. The summed E-state index contributed by atoms with van der Waals surface area (Å²) in [5, 5.41) is 4.78. The first kappa shape index (κ1) is 31.8. The van der Waals surface area contributed by atoms with Crippen LogP contribution in [0.3, 0.4) is 0 Å². The fourth-order valence-electron chi connectivity index (χ4n) is 7.97. The fourth-order valence-corrected chi connectivity index (χ4v) is 7.97. The highest BCUT2D eigenvalue weighted by Gasteiger charge is 2.20. The smallest absolute Gasteiger partial charge is 0.164 e. The van der Waals surface area contributed by atoms with Crippen LogP contribution in [0.15, 0.2) is 194 Å². The number of pyridine rings is 1. The minimum atomic E-state index is 0.628. The lowest BCUT2D eigenvalue weighted by atomic mass is 10.1. The summed E-state index contributed by atoms with van der Waals surface area (Å²) in [7, 11) is 0. The molecule has 0 saturated heterocycles. The van der Waals surface area contributed by atoms with E-state index in [1.54, 1.807) is 0 Å². The van der Waals surface area contributed by atoms with E-state index in [1.807, 2.05) is 66.7 Å². The van der Waals surface area contributed by atoms with Gasteiger partial charge in [-0.3, -0.25) is 4.57 Å². The highest BCUT2D eigenvalue weighted by Crippen LogP contribution is 2.40. The molecule has 0 amide bonds. The molecule has 262 valence electrons. The lowest BCUT2D eigenvalue weighted by Crippen LogP contribution is -2.00. The molecule has 0 aliphatic heterocycles. The molecule has 0 unspecified atom stereocenters. The number of benzene rings is 7. The molecule has 0 spiro atoms. The summed E-state index contributed by atoms with van der Waals surface area (Å²) in [5.74, 6) is 2.79. The van der Waals surface area contributed by atoms with Crippen molar-refractivity contribution in [1.29, 1.82) is 0 Å². The van der Waals surface area contributed by atoms with Gasteiger partial charge in [0.1, 0.15) is 5.82 Å². The molecule has 0 atom stereocenters. The molecular formula is C50H32N6. The van der Waals surface area contributed by atoms with Gasteiger partial charge < -0.3 is 4.57 Å². The normalized spacial score (nSPS) is 11.6. The van der Waals surface area contributed by atoms with Crippen LogP contribution in [0.5, 0.6) is 0 Å². The third kappa shape index (κ3) is 5.27. The second-order valence-corrected chi connectivity index (χ2v) is 13.9. The van der Waals surface area contributed by atoms with Crippen molar-refractivity contribution in [3.05, 3.63) is 194 Å². The van der Waals surface area contributed by atoms with Crippen molar-refractivity contribution >= 4 is 43.6 Å². The molecule has 6 nitrogen and oxygen atoms in total. The number of hydrogen-bond donors (Lipinski definition) is 0. The van der Waals surface area contributed by atoms with Crippen LogP contribution >= 0.6 is 0 Å². The van der Waals surface area contributed by atoms with Crippen molar-refractivity contribution in [3.8, 4) is 56.9 Å². The molecule has 0 N–H and O–H groups in total. The van der Waals surface area contributed by atoms with Gasteiger partial charge in [-0.25, -0.2) is 19.9 Å². The Labute approximate surface area is 322 Å². The van der Waals surface area contributed by atoms with E-state index in [0.717, 1.165) is 61.5 Å². The van der Waals surface area contributed by atoms with Gasteiger partial charge in [-0.05, 0) is 60.7 Å². The van der Waals surface area contributed by atoms with Crippen molar-refractivity contribution < 1.29 is 0 Å². The van der Waals surface area contributed by atoms with Gasteiger partial charge in [0.2, 0.25) is 0 Å².